The Morgan fingerprint density at radius 2 is 2.20 bits per heavy atom. The molecule has 0 aromatic carbocycles. The Morgan fingerprint density at radius 1 is 1.47 bits per heavy atom. The topological polar surface area (TPSA) is 6.48 Å². The van der Waals surface area contributed by atoms with E-state index in [-0.39, 0.29) is 0 Å². The maximum Gasteiger partial charge on any atom is 0.0229 e. The van der Waals surface area contributed by atoms with Crippen LogP contribution in [0.15, 0.2) is 0 Å². The number of hydrogen-bond donors (Lipinski definition) is 0. The SMILES string of the molecule is CCCC(CBr)CN1CCC(N(C)C)C1. The van der Waals surface area contributed by atoms with Crippen LogP contribution in [0, 0.1) is 5.92 Å². The third-order valence-corrected chi connectivity index (χ3v) is 4.33. The number of rotatable bonds is 6. The Bertz CT molecular complexity index is 173. The molecule has 90 valence electrons. The van der Waals surface area contributed by atoms with Gasteiger partial charge in [0.25, 0.3) is 0 Å². The summed E-state index contributed by atoms with van der Waals surface area (Å²) in [5.41, 5.74) is 0. The van der Waals surface area contributed by atoms with Crippen molar-refractivity contribution < 1.29 is 0 Å². The normalized spacial score (nSPS) is 25.0. The van der Waals surface area contributed by atoms with Gasteiger partial charge in [-0.25, -0.2) is 0 Å². The summed E-state index contributed by atoms with van der Waals surface area (Å²) >= 11 is 3.63. The standard InChI is InChI=1S/C12H25BrN2/c1-4-5-11(8-13)9-15-7-6-12(10-15)14(2)3/h11-12H,4-10H2,1-3H3. The number of hydrogen-bond acceptors (Lipinski definition) is 2. The van der Waals surface area contributed by atoms with Gasteiger partial charge in [0, 0.05) is 24.5 Å². The van der Waals surface area contributed by atoms with E-state index in [1.165, 1.54) is 38.9 Å². The molecule has 1 aliphatic rings. The molecular formula is C12H25BrN2. The summed E-state index contributed by atoms with van der Waals surface area (Å²) in [6, 6.07) is 0.780. The van der Waals surface area contributed by atoms with Gasteiger partial charge in [0.05, 0.1) is 0 Å². The molecule has 1 rings (SSSR count). The minimum Gasteiger partial charge on any atom is -0.305 e. The molecule has 2 unspecified atom stereocenters. The molecule has 1 fully saturated rings. The highest BCUT2D eigenvalue weighted by Gasteiger charge is 2.25. The lowest BCUT2D eigenvalue weighted by molar-refractivity contribution is 0.244. The van der Waals surface area contributed by atoms with Gasteiger partial charge in [-0.3, -0.25) is 0 Å². The molecule has 0 amide bonds. The van der Waals surface area contributed by atoms with E-state index in [0.29, 0.717) is 0 Å². The van der Waals surface area contributed by atoms with Gasteiger partial charge in [0.1, 0.15) is 0 Å². The number of halogens is 1. The van der Waals surface area contributed by atoms with Crippen LogP contribution in [0.2, 0.25) is 0 Å². The van der Waals surface area contributed by atoms with Crippen LogP contribution in [0.3, 0.4) is 0 Å². The highest BCUT2D eigenvalue weighted by Crippen LogP contribution is 2.18. The summed E-state index contributed by atoms with van der Waals surface area (Å²) in [4.78, 5) is 5.00. The molecule has 1 saturated heterocycles. The predicted molar refractivity (Wildman–Crippen MR) is 70.7 cm³/mol. The second kappa shape index (κ2) is 6.87. The van der Waals surface area contributed by atoms with E-state index >= 15 is 0 Å². The largest absolute Gasteiger partial charge is 0.305 e. The molecule has 15 heavy (non-hydrogen) atoms. The van der Waals surface area contributed by atoms with Crippen LogP contribution in [-0.2, 0) is 0 Å². The van der Waals surface area contributed by atoms with Crippen molar-refractivity contribution in [3.05, 3.63) is 0 Å². The lowest BCUT2D eigenvalue weighted by Crippen LogP contribution is -2.34. The molecule has 0 bridgehead atoms. The third kappa shape index (κ3) is 4.41. The summed E-state index contributed by atoms with van der Waals surface area (Å²) in [6.07, 6.45) is 4.00. The van der Waals surface area contributed by atoms with E-state index in [0.717, 1.165) is 17.3 Å². The lowest BCUT2D eigenvalue weighted by Gasteiger charge is -2.23. The third-order valence-electron chi connectivity index (χ3n) is 3.41. The number of nitrogens with zero attached hydrogens (tertiary/aromatic N) is 2. The summed E-state index contributed by atoms with van der Waals surface area (Å²) < 4.78 is 0. The highest BCUT2D eigenvalue weighted by atomic mass is 79.9. The molecule has 0 spiro atoms. The second-order valence-electron chi connectivity index (χ2n) is 4.97. The van der Waals surface area contributed by atoms with Gasteiger partial charge in [-0.05, 0) is 39.4 Å². The predicted octanol–water partition coefficient (Wildman–Crippen LogP) is 2.43. The van der Waals surface area contributed by atoms with Crippen LogP contribution in [0.25, 0.3) is 0 Å². The molecule has 2 nitrogen and oxygen atoms in total. The van der Waals surface area contributed by atoms with Gasteiger partial charge in [-0.15, -0.1) is 0 Å². The number of alkyl halides is 1. The van der Waals surface area contributed by atoms with Crippen molar-refractivity contribution in [2.75, 3.05) is 39.1 Å². The monoisotopic (exact) mass is 276 g/mol. The van der Waals surface area contributed by atoms with E-state index in [4.69, 9.17) is 0 Å². The van der Waals surface area contributed by atoms with Gasteiger partial charge >= 0.3 is 0 Å². The van der Waals surface area contributed by atoms with Gasteiger partial charge < -0.3 is 9.80 Å². The van der Waals surface area contributed by atoms with Crippen molar-refractivity contribution >= 4 is 15.9 Å². The summed E-state index contributed by atoms with van der Waals surface area (Å²) in [6.45, 7) is 6.11. The smallest absolute Gasteiger partial charge is 0.0229 e. The van der Waals surface area contributed by atoms with E-state index in [1.807, 2.05) is 0 Å². The highest BCUT2D eigenvalue weighted by molar-refractivity contribution is 9.09. The zero-order chi connectivity index (χ0) is 11.3. The maximum atomic E-state index is 3.63. The van der Waals surface area contributed by atoms with E-state index in [1.54, 1.807) is 0 Å². The summed E-state index contributed by atoms with van der Waals surface area (Å²) in [5.74, 6) is 0.843. The average molecular weight is 277 g/mol. The average Bonchev–Trinajstić information content (AvgIpc) is 2.65. The molecule has 0 saturated carbocycles. The lowest BCUT2D eigenvalue weighted by atomic mass is 10.1. The van der Waals surface area contributed by atoms with Crippen molar-refractivity contribution in [3.63, 3.8) is 0 Å². The first-order chi connectivity index (χ1) is 7.17. The molecule has 1 heterocycles. The quantitative estimate of drug-likeness (QED) is 0.688. The van der Waals surface area contributed by atoms with Crippen molar-refractivity contribution in [1.82, 2.24) is 9.80 Å². The van der Waals surface area contributed by atoms with Crippen molar-refractivity contribution in [3.8, 4) is 0 Å². The number of likely N-dealkylation sites (N-methyl/N-ethyl adjacent to an activating group) is 1. The van der Waals surface area contributed by atoms with Crippen molar-refractivity contribution in [2.24, 2.45) is 5.92 Å². The van der Waals surface area contributed by atoms with E-state index in [9.17, 15) is 0 Å². The first-order valence-corrected chi connectivity index (χ1v) is 7.24. The first kappa shape index (κ1) is 13.5. The fraction of sp³-hybridized carbons (Fsp3) is 1.00. The Morgan fingerprint density at radius 3 is 2.67 bits per heavy atom. The molecule has 2 atom stereocenters. The fourth-order valence-electron chi connectivity index (χ4n) is 2.39. The van der Waals surface area contributed by atoms with Gasteiger partial charge in [0.15, 0.2) is 0 Å². The number of likely N-dealkylation sites (tertiary alicyclic amines) is 1. The second-order valence-corrected chi connectivity index (χ2v) is 5.62. The van der Waals surface area contributed by atoms with Gasteiger partial charge in [0.2, 0.25) is 0 Å². The molecule has 0 aliphatic carbocycles. The summed E-state index contributed by atoms with van der Waals surface area (Å²) in [7, 11) is 4.39. The first-order valence-electron chi connectivity index (χ1n) is 6.12. The molecule has 0 aromatic rings. The Hall–Kier alpha value is 0.400. The van der Waals surface area contributed by atoms with Crippen LogP contribution < -0.4 is 0 Å². The maximum absolute atomic E-state index is 3.63. The minimum atomic E-state index is 0.780. The van der Waals surface area contributed by atoms with Crippen LogP contribution in [0.1, 0.15) is 26.2 Å². The molecule has 0 radical (unpaired) electrons. The van der Waals surface area contributed by atoms with Crippen LogP contribution >= 0.6 is 15.9 Å². The van der Waals surface area contributed by atoms with E-state index < -0.39 is 0 Å². The zero-order valence-corrected chi connectivity index (χ0v) is 12.0. The van der Waals surface area contributed by atoms with Crippen molar-refractivity contribution in [2.45, 2.75) is 32.2 Å². The molecule has 1 aliphatic heterocycles. The summed E-state index contributed by atoms with van der Waals surface area (Å²) in [5, 5.41) is 1.16. The zero-order valence-electron chi connectivity index (χ0n) is 10.4. The Labute approximate surface area is 103 Å². The van der Waals surface area contributed by atoms with Crippen LogP contribution in [-0.4, -0.2) is 54.9 Å². The van der Waals surface area contributed by atoms with Crippen LogP contribution in [0.4, 0.5) is 0 Å². The van der Waals surface area contributed by atoms with Crippen molar-refractivity contribution in [1.29, 1.82) is 0 Å². The molecular weight excluding hydrogens is 252 g/mol. The molecule has 3 heteroatoms. The Kier molecular flexibility index (Phi) is 6.17. The van der Waals surface area contributed by atoms with Gasteiger partial charge in [-0.2, -0.15) is 0 Å². The van der Waals surface area contributed by atoms with Crippen LogP contribution in [0.5, 0.6) is 0 Å². The Balaban J connectivity index is 2.27. The molecule has 0 N–H and O–H groups in total. The van der Waals surface area contributed by atoms with Gasteiger partial charge in [-0.1, -0.05) is 29.3 Å². The van der Waals surface area contributed by atoms with E-state index in [2.05, 4.69) is 46.7 Å². The fourth-order valence-corrected chi connectivity index (χ4v) is 2.92. The minimum absolute atomic E-state index is 0.780. The molecule has 0 aromatic heterocycles.